The molecule has 1 nitrogen and oxygen atoms in total. The van der Waals surface area contributed by atoms with E-state index in [0.29, 0.717) is 0 Å². The number of hydrogen-bond acceptors (Lipinski definition) is 0. The Morgan fingerprint density at radius 2 is 1.69 bits per heavy atom. The van der Waals surface area contributed by atoms with Crippen LogP contribution in [0.4, 0.5) is 17.3 Å². The summed E-state index contributed by atoms with van der Waals surface area (Å²) in [5.74, 6) is 0. The zero-order valence-corrected chi connectivity index (χ0v) is 8.31. The first-order chi connectivity index (χ1) is 5.80. The summed E-state index contributed by atoms with van der Waals surface area (Å²) in [5, 5.41) is 0. The Hall–Kier alpha value is -0.585. The summed E-state index contributed by atoms with van der Waals surface area (Å²) >= 11 is 3.36. The molecule has 0 aromatic carbocycles. The van der Waals surface area contributed by atoms with E-state index >= 15 is 0 Å². The quantitative estimate of drug-likeness (QED) is 0.292. The minimum absolute atomic E-state index is 1.10. The summed E-state index contributed by atoms with van der Waals surface area (Å²) in [6, 6.07) is 5.98. The number of halogens is 5. The summed E-state index contributed by atoms with van der Waals surface area (Å²) in [5.41, 5.74) is 0. The zero-order valence-electron chi connectivity index (χ0n) is 6.72. The van der Waals surface area contributed by atoms with Gasteiger partial charge < -0.3 is 17.3 Å². The van der Waals surface area contributed by atoms with Crippen molar-refractivity contribution in [2.24, 2.45) is 7.05 Å². The van der Waals surface area contributed by atoms with Gasteiger partial charge in [0, 0.05) is 28.1 Å². The van der Waals surface area contributed by atoms with Gasteiger partial charge in [0.2, 0.25) is 4.60 Å². The molecule has 7 heteroatoms. The van der Waals surface area contributed by atoms with Gasteiger partial charge in [-0.15, -0.1) is 0 Å². The van der Waals surface area contributed by atoms with Crippen LogP contribution < -0.4 is 4.57 Å². The Kier molecular flexibility index (Phi) is 4.98. The molecule has 74 valence electrons. The Balaban J connectivity index is 0.000000252. The van der Waals surface area contributed by atoms with Crippen molar-refractivity contribution in [1.82, 2.24) is 0 Å². The van der Waals surface area contributed by atoms with Crippen molar-refractivity contribution in [3.63, 3.8) is 0 Å². The second kappa shape index (κ2) is 5.21. The van der Waals surface area contributed by atoms with Crippen LogP contribution in [0.1, 0.15) is 0 Å². The normalized spacial score (nSPS) is 10.3. The van der Waals surface area contributed by atoms with Crippen molar-refractivity contribution >= 4 is 23.2 Å². The molecule has 0 saturated carbocycles. The summed E-state index contributed by atoms with van der Waals surface area (Å²) in [6.07, 6.45) is 1.99. The van der Waals surface area contributed by atoms with Gasteiger partial charge in [0.25, 0.3) is 0 Å². The fraction of sp³-hybridized carbons (Fsp3) is 0.167. The SMILES string of the molecule is C[n+]1ccccc1Br.F[B-](F)(F)F. The van der Waals surface area contributed by atoms with E-state index in [1.54, 1.807) is 0 Å². The standard InChI is InChI=1S/C6H7BrN.BF4/c1-8-5-3-2-4-6(8)7;2-1(3,4)5/h2-5H,1H3;/q+1;-1. The minimum Gasteiger partial charge on any atom is -0.418 e. The van der Waals surface area contributed by atoms with Gasteiger partial charge in [-0.3, -0.25) is 0 Å². The van der Waals surface area contributed by atoms with E-state index in [1.807, 2.05) is 36.0 Å². The van der Waals surface area contributed by atoms with Gasteiger partial charge in [-0.1, -0.05) is 0 Å². The second-order valence-corrected chi connectivity index (χ2v) is 2.94. The largest absolute Gasteiger partial charge is 0.673 e. The summed E-state index contributed by atoms with van der Waals surface area (Å²) in [7, 11) is -4.01. The number of aromatic nitrogens is 1. The Bertz CT molecular complexity index is 238. The van der Waals surface area contributed by atoms with Gasteiger partial charge in [0.15, 0.2) is 6.20 Å². The number of rotatable bonds is 0. The van der Waals surface area contributed by atoms with Crippen LogP contribution in [0, 0.1) is 0 Å². The molecule has 0 radical (unpaired) electrons. The highest BCUT2D eigenvalue weighted by Gasteiger charge is 2.20. The smallest absolute Gasteiger partial charge is 0.418 e. The van der Waals surface area contributed by atoms with Crippen LogP contribution in [0.2, 0.25) is 0 Å². The maximum Gasteiger partial charge on any atom is 0.673 e. The van der Waals surface area contributed by atoms with Gasteiger partial charge in [-0.25, -0.2) is 0 Å². The summed E-state index contributed by atoms with van der Waals surface area (Å²) in [6.45, 7) is 0. The fourth-order valence-electron chi connectivity index (χ4n) is 0.503. The molecule has 1 heterocycles. The minimum atomic E-state index is -6.00. The van der Waals surface area contributed by atoms with Gasteiger partial charge >= 0.3 is 7.25 Å². The molecule has 0 bridgehead atoms. The molecular formula is C6H7BBrF4N. The molecule has 0 saturated heterocycles. The predicted molar refractivity (Wildman–Crippen MR) is 45.5 cm³/mol. The Morgan fingerprint density at radius 3 is 1.92 bits per heavy atom. The molecule has 1 rings (SSSR count). The molecule has 0 N–H and O–H groups in total. The highest BCUT2D eigenvalue weighted by molar-refractivity contribution is 9.10. The first-order valence-corrected chi connectivity index (χ1v) is 4.07. The zero-order chi connectivity index (χ0) is 10.5. The second-order valence-electron chi connectivity index (χ2n) is 2.13. The fourth-order valence-corrected chi connectivity index (χ4v) is 0.773. The molecule has 0 aliphatic rings. The van der Waals surface area contributed by atoms with E-state index in [0.717, 1.165) is 4.60 Å². The highest BCUT2D eigenvalue weighted by Crippen LogP contribution is 2.06. The molecular weight excluding hydrogens is 253 g/mol. The van der Waals surface area contributed by atoms with Crippen LogP contribution in [-0.4, -0.2) is 7.25 Å². The number of hydrogen-bond donors (Lipinski definition) is 0. The number of pyridine rings is 1. The lowest BCUT2D eigenvalue weighted by molar-refractivity contribution is -0.682. The van der Waals surface area contributed by atoms with Gasteiger partial charge in [0.1, 0.15) is 7.05 Å². The van der Waals surface area contributed by atoms with Crippen molar-refractivity contribution in [3.8, 4) is 0 Å². The Labute approximate surface area is 81.6 Å². The molecule has 0 unspecified atom stereocenters. The van der Waals surface area contributed by atoms with Gasteiger partial charge in [-0.05, 0) is 6.07 Å². The van der Waals surface area contributed by atoms with Crippen LogP contribution in [0.15, 0.2) is 29.0 Å². The molecule has 0 atom stereocenters. The van der Waals surface area contributed by atoms with Crippen molar-refractivity contribution in [1.29, 1.82) is 0 Å². The monoisotopic (exact) mass is 259 g/mol. The first kappa shape index (κ1) is 12.4. The molecule has 0 amide bonds. The van der Waals surface area contributed by atoms with E-state index in [-0.39, 0.29) is 0 Å². The predicted octanol–water partition coefficient (Wildman–Crippen LogP) is 2.57. The molecule has 1 aromatic rings. The molecule has 0 fully saturated rings. The molecule has 0 aliphatic heterocycles. The average molecular weight is 260 g/mol. The van der Waals surface area contributed by atoms with Crippen molar-refractivity contribution < 1.29 is 21.8 Å². The molecule has 0 aliphatic carbocycles. The van der Waals surface area contributed by atoms with E-state index in [1.165, 1.54) is 0 Å². The topological polar surface area (TPSA) is 3.88 Å². The maximum absolute atomic E-state index is 9.75. The molecule has 0 spiro atoms. The van der Waals surface area contributed by atoms with Gasteiger partial charge in [0.05, 0.1) is 0 Å². The van der Waals surface area contributed by atoms with Crippen LogP contribution in [0.5, 0.6) is 0 Å². The third-order valence-corrected chi connectivity index (χ3v) is 1.82. The number of nitrogens with zero attached hydrogens (tertiary/aromatic N) is 1. The van der Waals surface area contributed by atoms with E-state index in [9.17, 15) is 17.3 Å². The van der Waals surface area contributed by atoms with Crippen LogP contribution in [-0.2, 0) is 7.05 Å². The lowest BCUT2D eigenvalue weighted by atomic mass is 10.3. The molecule has 13 heavy (non-hydrogen) atoms. The highest BCUT2D eigenvalue weighted by atomic mass is 79.9. The third kappa shape index (κ3) is 9.33. The van der Waals surface area contributed by atoms with Crippen LogP contribution >= 0.6 is 15.9 Å². The average Bonchev–Trinajstić information content (AvgIpc) is 1.92. The number of aryl methyl sites for hydroxylation is 1. The first-order valence-electron chi connectivity index (χ1n) is 3.28. The lowest BCUT2D eigenvalue weighted by Gasteiger charge is -1.94. The molecule has 1 aromatic heterocycles. The van der Waals surface area contributed by atoms with Crippen molar-refractivity contribution in [3.05, 3.63) is 29.0 Å². The lowest BCUT2D eigenvalue weighted by Crippen LogP contribution is -2.28. The van der Waals surface area contributed by atoms with Crippen LogP contribution in [0.3, 0.4) is 0 Å². The third-order valence-electron chi connectivity index (χ3n) is 0.991. The summed E-state index contributed by atoms with van der Waals surface area (Å²) < 4.78 is 42.1. The van der Waals surface area contributed by atoms with Crippen molar-refractivity contribution in [2.75, 3.05) is 0 Å². The van der Waals surface area contributed by atoms with Crippen molar-refractivity contribution in [2.45, 2.75) is 0 Å². The van der Waals surface area contributed by atoms with E-state index in [2.05, 4.69) is 15.9 Å². The van der Waals surface area contributed by atoms with E-state index < -0.39 is 7.25 Å². The Morgan fingerprint density at radius 1 is 1.23 bits per heavy atom. The van der Waals surface area contributed by atoms with Gasteiger partial charge in [-0.2, -0.15) is 4.57 Å². The maximum atomic E-state index is 9.75. The van der Waals surface area contributed by atoms with Crippen LogP contribution in [0.25, 0.3) is 0 Å². The summed E-state index contributed by atoms with van der Waals surface area (Å²) in [4.78, 5) is 0. The van der Waals surface area contributed by atoms with E-state index in [4.69, 9.17) is 0 Å².